The third-order valence-electron chi connectivity index (χ3n) is 8.49. The number of carbonyl (C=O) groups excluding carboxylic acids is 1. The Morgan fingerprint density at radius 2 is 2.00 bits per heavy atom. The van der Waals surface area contributed by atoms with Crippen molar-refractivity contribution in [2.45, 2.75) is 67.6 Å². The van der Waals surface area contributed by atoms with E-state index in [1.807, 2.05) is 7.05 Å². The Morgan fingerprint density at radius 3 is 2.69 bits per heavy atom. The number of ketones is 1. The highest BCUT2D eigenvalue weighted by atomic mass is 16.5. The molecule has 4 N–H and O–H groups in total. The van der Waals surface area contributed by atoms with Crippen molar-refractivity contribution in [2.75, 3.05) is 13.6 Å². The van der Waals surface area contributed by atoms with Crippen LogP contribution in [0.4, 0.5) is 0 Å². The lowest BCUT2D eigenvalue weighted by molar-refractivity contribution is -0.995. The monoisotopic (exact) mass is 403 g/mol. The number of rotatable bonds is 2. The van der Waals surface area contributed by atoms with Gasteiger partial charge < -0.3 is 32.6 Å². The Balaban J connectivity index is 0.00000181. The number of likely N-dealkylation sites (tertiary alicyclic amines) is 1. The highest BCUT2D eigenvalue weighted by Crippen LogP contribution is 2.68. The maximum atomic E-state index is 12.8. The number of phenolic OH excluding ortho intramolecular Hbond substituents is 1. The second-order valence-electron chi connectivity index (χ2n) is 9.70. The number of hydrogen-bond donors (Lipinski definition) is 4. The van der Waals surface area contributed by atoms with Gasteiger partial charge in [-0.15, -0.1) is 0 Å². The summed E-state index contributed by atoms with van der Waals surface area (Å²) in [5.74, 6) is 0.282. The zero-order chi connectivity index (χ0) is 19.6. The third kappa shape index (κ3) is 1.91. The molecule has 5 aliphatic rings. The minimum atomic E-state index is -1.39. The number of aliphatic hydroxyl groups excluding tert-OH is 2. The van der Waals surface area contributed by atoms with E-state index in [1.165, 1.54) is 6.07 Å². The SMILES string of the molecule is C[N@+]1(C(O)C2CC2)CC[C@]23c4c5ccc(O)c4O[C@H]2C(=O)CC[C@@]3(O)[C@H]1C5O.[CH3-]. The molecule has 2 saturated carbocycles. The number of Topliss-reactive ketones (excluding diaryl/α,β-unsaturated/α-hetero) is 1. The van der Waals surface area contributed by atoms with Gasteiger partial charge in [-0.2, -0.15) is 0 Å². The summed E-state index contributed by atoms with van der Waals surface area (Å²) in [7, 11) is 1.93. The van der Waals surface area contributed by atoms with Crippen molar-refractivity contribution in [1.29, 1.82) is 0 Å². The molecule has 158 valence electrons. The molecule has 3 fully saturated rings. The Morgan fingerprint density at radius 1 is 1.28 bits per heavy atom. The van der Waals surface area contributed by atoms with E-state index in [-0.39, 0.29) is 48.0 Å². The van der Waals surface area contributed by atoms with Gasteiger partial charge in [-0.3, -0.25) is 9.28 Å². The Labute approximate surface area is 170 Å². The van der Waals surface area contributed by atoms with E-state index in [0.29, 0.717) is 24.1 Å². The molecular weight excluding hydrogens is 374 g/mol. The molecule has 2 aliphatic heterocycles. The lowest BCUT2D eigenvalue weighted by Gasteiger charge is -2.66. The van der Waals surface area contributed by atoms with Gasteiger partial charge >= 0.3 is 0 Å². The van der Waals surface area contributed by atoms with Gasteiger partial charge in [-0.05, 0) is 30.9 Å². The summed E-state index contributed by atoms with van der Waals surface area (Å²) in [5, 5.41) is 45.2. The van der Waals surface area contributed by atoms with Crippen LogP contribution in [0, 0.1) is 13.3 Å². The van der Waals surface area contributed by atoms with Gasteiger partial charge in [0.05, 0.1) is 19.0 Å². The van der Waals surface area contributed by atoms with Crippen LogP contribution in [0.25, 0.3) is 0 Å². The first-order chi connectivity index (χ1) is 13.3. The van der Waals surface area contributed by atoms with Crippen molar-refractivity contribution in [3.8, 4) is 11.5 Å². The van der Waals surface area contributed by atoms with Gasteiger partial charge in [0, 0.05) is 24.3 Å². The predicted octanol–water partition coefficient (Wildman–Crippen LogP) is 0.930. The van der Waals surface area contributed by atoms with Gasteiger partial charge in [0.15, 0.2) is 35.7 Å². The maximum Gasteiger partial charge on any atom is 0.193 e. The molecule has 7 heteroatoms. The van der Waals surface area contributed by atoms with Crippen LogP contribution >= 0.6 is 0 Å². The van der Waals surface area contributed by atoms with E-state index in [2.05, 4.69) is 0 Å². The highest BCUT2D eigenvalue weighted by Gasteiger charge is 2.79. The number of benzene rings is 1. The molecular formula is C22H29NO6. The first-order valence-electron chi connectivity index (χ1n) is 10.2. The second-order valence-corrected chi connectivity index (χ2v) is 9.70. The summed E-state index contributed by atoms with van der Waals surface area (Å²) in [6, 6.07) is 2.51. The fraction of sp³-hybridized carbons (Fsp3) is 0.636. The number of quaternary nitrogens is 1. The van der Waals surface area contributed by atoms with Crippen LogP contribution in [0.1, 0.15) is 49.3 Å². The number of nitrogens with zero attached hydrogens (tertiary/aromatic N) is 1. The van der Waals surface area contributed by atoms with E-state index >= 15 is 0 Å². The standard InChI is InChI=1S/C21H25NO6.CH3/c1-22(19(26)10-2-3-10)9-8-20-14-11-4-5-12(23)16(14)28-18(20)13(24)6-7-21(20,27)17(22)15(11)25;/h4-5,10,15,17-19,25-27H,2-3,6-9H2,1H3;1H3/q;-1/p+1/t15?,17-,18+,19?,20+,21-,22+;/m1./s1. The van der Waals surface area contributed by atoms with Crippen molar-refractivity contribution in [1.82, 2.24) is 0 Å². The number of aromatic hydroxyl groups is 1. The molecule has 1 saturated heterocycles. The molecule has 29 heavy (non-hydrogen) atoms. The van der Waals surface area contributed by atoms with Crippen LogP contribution in [0.5, 0.6) is 11.5 Å². The molecule has 0 amide bonds. The van der Waals surface area contributed by atoms with Gasteiger partial charge in [-0.1, -0.05) is 6.07 Å². The Kier molecular flexibility index (Phi) is 3.67. The molecule has 3 aliphatic carbocycles. The highest BCUT2D eigenvalue weighted by molar-refractivity contribution is 5.90. The van der Waals surface area contributed by atoms with E-state index in [4.69, 9.17) is 4.74 Å². The number of likely N-dealkylation sites (N-methyl/N-ethyl adjacent to an activating group) is 1. The normalized spacial score (nSPS) is 45.1. The van der Waals surface area contributed by atoms with Gasteiger partial charge in [-0.25, -0.2) is 0 Å². The summed E-state index contributed by atoms with van der Waals surface area (Å²) < 4.78 is 6.16. The maximum absolute atomic E-state index is 12.8. The number of aliphatic hydroxyl groups is 3. The van der Waals surface area contributed by atoms with Crippen molar-refractivity contribution in [3.63, 3.8) is 0 Å². The van der Waals surface area contributed by atoms with Crippen LogP contribution in [-0.2, 0) is 10.2 Å². The van der Waals surface area contributed by atoms with E-state index < -0.39 is 35.5 Å². The molecule has 1 aromatic rings. The summed E-state index contributed by atoms with van der Waals surface area (Å²) in [6.45, 7) is 0.531. The van der Waals surface area contributed by atoms with Gasteiger partial charge in [0.1, 0.15) is 11.7 Å². The minimum absolute atomic E-state index is 0. The van der Waals surface area contributed by atoms with E-state index in [1.54, 1.807) is 6.07 Å². The fourth-order valence-electron chi connectivity index (χ4n) is 7.07. The Bertz CT molecular complexity index is 915. The smallest absolute Gasteiger partial charge is 0.193 e. The molecule has 1 aromatic carbocycles. The van der Waals surface area contributed by atoms with Crippen molar-refractivity contribution in [3.05, 3.63) is 30.7 Å². The molecule has 2 bridgehead atoms. The molecule has 2 heterocycles. The van der Waals surface area contributed by atoms with Crippen LogP contribution < -0.4 is 4.74 Å². The zero-order valence-corrected chi connectivity index (χ0v) is 16.8. The predicted molar refractivity (Wildman–Crippen MR) is 103 cm³/mol. The minimum Gasteiger partial charge on any atom is -0.504 e. The van der Waals surface area contributed by atoms with Crippen LogP contribution in [0.2, 0.25) is 0 Å². The van der Waals surface area contributed by atoms with Gasteiger partial charge in [0.25, 0.3) is 0 Å². The van der Waals surface area contributed by atoms with Crippen LogP contribution in [-0.4, -0.2) is 68.3 Å². The van der Waals surface area contributed by atoms with E-state index in [9.17, 15) is 25.2 Å². The van der Waals surface area contributed by atoms with Crippen molar-refractivity contribution >= 4 is 5.78 Å². The number of piperidine rings is 1. The molecule has 7 nitrogen and oxygen atoms in total. The second kappa shape index (κ2) is 5.52. The lowest BCUT2D eigenvalue weighted by atomic mass is 9.47. The molecule has 1 spiro atoms. The summed E-state index contributed by atoms with van der Waals surface area (Å²) in [4.78, 5) is 12.8. The Hall–Kier alpha value is -1.67. The number of carbonyl (C=O) groups is 1. The average Bonchev–Trinajstić information content (AvgIpc) is 3.43. The summed E-state index contributed by atoms with van der Waals surface area (Å²) in [5.41, 5.74) is -1.16. The summed E-state index contributed by atoms with van der Waals surface area (Å²) >= 11 is 0. The number of hydrogen-bond acceptors (Lipinski definition) is 6. The molecule has 2 unspecified atom stereocenters. The first kappa shape index (κ1) is 19.3. The largest absolute Gasteiger partial charge is 0.504 e. The van der Waals surface area contributed by atoms with Crippen molar-refractivity contribution in [2.24, 2.45) is 5.92 Å². The topological polar surface area (TPSA) is 107 Å². The van der Waals surface area contributed by atoms with Crippen LogP contribution in [0.3, 0.4) is 0 Å². The quantitative estimate of drug-likeness (QED) is 0.432. The third-order valence-corrected chi connectivity index (χ3v) is 8.49. The molecule has 7 atom stereocenters. The fourth-order valence-corrected chi connectivity index (χ4v) is 7.07. The van der Waals surface area contributed by atoms with Crippen LogP contribution in [0.15, 0.2) is 12.1 Å². The average molecular weight is 403 g/mol. The molecule has 0 radical (unpaired) electrons. The first-order valence-corrected chi connectivity index (χ1v) is 10.2. The molecule has 0 aromatic heterocycles. The van der Waals surface area contributed by atoms with Crippen molar-refractivity contribution < 1.29 is 34.4 Å². The van der Waals surface area contributed by atoms with Gasteiger partial charge in [0.2, 0.25) is 0 Å². The summed E-state index contributed by atoms with van der Waals surface area (Å²) in [6.07, 6.45) is 0.255. The number of ether oxygens (including phenoxy) is 1. The van der Waals surface area contributed by atoms with E-state index in [0.717, 1.165) is 12.8 Å². The number of phenols is 1. The molecule has 6 rings (SSSR count). The zero-order valence-electron chi connectivity index (χ0n) is 16.8. The lowest BCUT2D eigenvalue weighted by Crippen LogP contribution is -2.83.